The SMILES string of the molecule is CC(C)NC(=O)CN(C)C1CCN(S(=O)(=O)c2c(F)cccc2F)CC1. The summed E-state index contributed by atoms with van der Waals surface area (Å²) in [6.45, 7) is 4.28. The van der Waals surface area contributed by atoms with Crippen LogP contribution < -0.4 is 5.32 Å². The minimum absolute atomic E-state index is 0.0322. The molecule has 1 saturated heterocycles. The summed E-state index contributed by atoms with van der Waals surface area (Å²) in [7, 11) is -2.42. The molecule has 9 heteroatoms. The molecule has 1 aromatic carbocycles. The number of benzene rings is 1. The van der Waals surface area contributed by atoms with Gasteiger partial charge < -0.3 is 5.32 Å². The molecule has 0 bridgehead atoms. The van der Waals surface area contributed by atoms with Gasteiger partial charge in [-0.05, 0) is 45.9 Å². The van der Waals surface area contributed by atoms with Crippen molar-refractivity contribution in [2.45, 2.75) is 43.7 Å². The summed E-state index contributed by atoms with van der Waals surface area (Å²) < 4.78 is 54.0. The fourth-order valence-electron chi connectivity index (χ4n) is 3.10. The van der Waals surface area contributed by atoms with Crippen molar-refractivity contribution in [3.05, 3.63) is 29.8 Å². The zero-order valence-electron chi connectivity index (χ0n) is 15.2. The van der Waals surface area contributed by atoms with E-state index in [1.807, 2.05) is 25.8 Å². The predicted molar refractivity (Wildman–Crippen MR) is 94.0 cm³/mol. The second kappa shape index (κ2) is 8.41. The summed E-state index contributed by atoms with van der Waals surface area (Å²) in [5.74, 6) is -2.27. The summed E-state index contributed by atoms with van der Waals surface area (Å²) in [4.78, 5) is 12.8. The fraction of sp³-hybridized carbons (Fsp3) is 0.588. The number of halogens is 2. The Hall–Kier alpha value is -1.58. The van der Waals surface area contributed by atoms with E-state index in [9.17, 15) is 22.0 Å². The maximum absolute atomic E-state index is 13.9. The monoisotopic (exact) mass is 389 g/mol. The van der Waals surface area contributed by atoms with Crippen molar-refractivity contribution in [1.82, 2.24) is 14.5 Å². The summed E-state index contributed by atoms with van der Waals surface area (Å²) in [6, 6.07) is 3.09. The summed E-state index contributed by atoms with van der Waals surface area (Å²) in [5.41, 5.74) is 0. The molecule has 146 valence electrons. The van der Waals surface area contributed by atoms with Crippen LogP contribution in [0.5, 0.6) is 0 Å². The smallest absolute Gasteiger partial charge is 0.248 e. The van der Waals surface area contributed by atoms with E-state index < -0.39 is 26.6 Å². The molecule has 0 spiro atoms. The minimum atomic E-state index is -4.23. The largest absolute Gasteiger partial charge is 0.353 e. The van der Waals surface area contributed by atoms with E-state index in [2.05, 4.69) is 5.32 Å². The van der Waals surface area contributed by atoms with Crippen molar-refractivity contribution in [3.63, 3.8) is 0 Å². The van der Waals surface area contributed by atoms with Crippen LogP contribution in [0.25, 0.3) is 0 Å². The lowest BCUT2D eigenvalue weighted by Crippen LogP contribution is -2.48. The first-order valence-electron chi connectivity index (χ1n) is 8.56. The molecule has 0 saturated carbocycles. The summed E-state index contributed by atoms with van der Waals surface area (Å²) >= 11 is 0. The van der Waals surface area contributed by atoms with Crippen molar-refractivity contribution < 1.29 is 22.0 Å². The number of piperidine rings is 1. The molecule has 26 heavy (non-hydrogen) atoms. The molecular formula is C17H25F2N3O3S. The Kier molecular flexibility index (Phi) is 6.70. The minimum Gasteiger partial charge on any atom is -0.353 e. The predicted octanol–water partition coefficient (Wildman–Crippen LogP) is 1.57. The second-order valence-electron chi connectivity index (χ2n) is 6.82. The molecule has 1 aromatic rings. The Labute approximate surface area is 153 Å². The molecule has 1 fully saturated rings. The van der Waals surface area contributed by atoms with Gasteiger partial charge in [-0.15, -0.1) is 0 Å². The third kappa shape index (κ3) is 4.77. The van der Waals surface area contributed by atoms with Crippen LogP contribution >= 0.6 is 0 Å². The first-order chi connectivity index (χ1) is 12.1. The Balaban J connectivity index is 2.00. The van der Waals surface area contributed by atoms with Gasteiger partial charge in [0, 0.05) is 25.2 Å². The summed E-state index contributed by atoms with van der Waals surface area (Å²) in [5, 5.41) is 2.81. The van der Waals surface area contributed by atoms with Crippen molar-refractivity contribution in [2.75, 3.05) is 26.7 Å². The molecule has 1 aliphatic rings. The van der Waals surface area contributed by atoms with Crippen LogP contribution in [0.15, 0.2) is 23.1 Å². The lowest BCUT2D eigenvalue weighted by atomic mass is 10.1. The zero-order chi connectivity index (χ0) is 19.5. The van der Waals surface area contributed by atoms with E-state index >= 15 is 0 Å². The Morgan fingerprint density at radius 2 is 1.81 bits per heavy atom. The number of amides is 1. The lowest BCUT2D eigenvalue weighted by molar-refractivity contribution is -0.123. The van der Waals surface area contributed by atoms with E-state index in [4.69, 9.17) is 0 Å². The van der Waals surface area contributed by atoms with Crippen LogP contribution in [0, 0.1) is 11.6 Å². The van der Waals surface area contributed by atoms with Crippen LogP contribution in [0.1, 0.15) is 26.7 Å². The first-order valence-corrected chi connectivity index (χ1v) is 10.0. The molecule has 0 radical (unpaired) electrons. The van der Waals surface area contributed by atoms with Gasteiger partial charge >= 0.3 is 0 Å². The van der Waals surface area contributed by atoms with Crippen LogP contribution in [0.4, 0.5) is 8.78 Å². The van der Waals surface area contributed by atoms with Crippen molar-refractivity contribution in [3.8, 4) is 0 Å². The number of rotatable bonds is 6. The van der Waals surface area contributed by atoms with Crippen molar-refractivity contribution in [1.29, 1.82) is 0 Å². The van der Waals surface area contributed by atoms with Gasteiger partial charge in [0.15, 0.2) is 4.90 Å². The third-order valence-corrected chi connectivity index (χ3v) is 6.36. The molecular weight excluding hydrogens is 364 g/mol. The number of carbonyl (C=O) groups is 1. The highest BCUT2D eigenvalue weighted by Crippen LogP contribution is 2.26. The molecule has 1 aliphatic heterocycles. The third-order valence-electron chi connectivity index (χ3n) is 4.41. The molecule has 2 rings (SSSR count). The zero-order valence-corrected chi connectivity index (χ0v) is 16.0. The van der Waals surface area contributed by atoms with Crippen LogP contribution in [0.3, 0.4) is 0 Å². The first kappa shape index (κ1) is 20.7. The number of sulfonamides is 1. The van der Waals surface area contributed by atoms with Gasteiger partial charge in [-0.1, -0.05) is 6.07 Å². The topological polar surface area (TPSA) is 69.7 Å². The second-order valence-corrected chi connectivity index (χ2v) is 8.70. The van der Waals surface area contributed by atoms with E-state index in [1.54, 1.807) is 0 Å². The maximum atomic E-state index is 13.9. The highest BCUT2D eigenvalue weighted by Gasteiger charge is 2.34. The molecule has 1 N–H and O–H groups in total. The van der Waals surface area contributed by atoms with Gasteiger partial charge in [-0.2, -0.15) is 4.31 Å². The Bertz CT molecular complexity index is 727. The van der Waals surface area contributed by atoms with Gasteiger partial charge in [-0.3, -0.25) is 9.69 Å². The fourth-order valence-corrected chi connectivity index (χ4v) is 4.68. The summed E-state index contributed by atoms with van der Waals surface area (Å²) in [6.07, 6.45) is 0.974. The quantitative estimate of drug-likeness (QED) is 0.802. The van der Waals surface area contributed by atoms with Gasteiger partial charge in [0.25, 0.3) is 0 Å². The number of nitrogens with one attached hydrogen (secondary N) is 1. The molecule has 1 heterocycles. The maximum Gasteiger partial charge on any atom is 0.248 e. The van der Waals surface area contributed by atoms with E-state index in [-0.39, 0.29) is 37.6 Å². The molecule has 0 aromatic heterocycles. The number of nitrogens with zero attached hydrogens (tertiary/aromatic N) is 2. The Morgan fingerprint density at radius 1 is 1.27 bits per heavy atom. The molecule has 1 amide bonds. The normalized spacial score (nSPS) is 17.0. The number of carbonyl (C=O) groups excluding carboxylic acids is 1. The average Bonchev–Trinajstić information content (AvgIpc) is 2.53. The average molecular weight is 389 g/mol. The van der Waals surface area contributed by atoms with E-state index in [0.717, 1.165) is 22.5 Å². The van der Waals surface area contributed by atoms with Gasteiger partial charge in [-0.25, -0.2) is 17.2 Å². The van der Waals surface area contributed by atoms with Gasteiger partial charge in [0.1, 0.15) is 11.6 Å². The molecule has 6 nitrogen and oxygen atoms in total. The van der Waals surface area contributed by atoms with Crippen LogP contribution in [0.2, 0.25) is 0 Å². The van der Waals surface area contributed by atoms with Crippen LogP contribution in [-0.4, -0.2) is 62.3 Å². The standard InChI is InChI=1S/C17H25F2N3O3S/c1-12(2)20-16(23)11-21(3)13-7-9-22(10-8-13)26(24,25)17-14(18)5-4-6-15(17)19/h4-6,12-13H,7-11H2,1-3H3,(H,20,23). The van der Waals surface area contributed by atoms with Crippen molar-refractivity contribution in [2.24, 2.45) is 0 Å². The molecule has 0 unspecified atom stereocenters. The van der Waals surface area contributed by atoms with Crippen molar-refractivity contribution >= 4 is 15.9 Å². The lowest BCUT2D eigenvalue weighted by Gasteiger charge is -2.36. The highest BCUT2D eigenvalue weighted by molar-refractivity contribution is 7.89. The Morgan fingerprint density at radius 3 is 2.31 bits per heavy atom. The molecule has 0 aliphatic carbocycles. The molecule has 0 atom stereocenters. The van der Waals surface area contributed by atoms with Gasteiger partial charge in [0.2, 0.25) is 15.9 Å². The number of likely N-dealkylation sites (N-methyl/N-ethyl adjacent to an activating group) is 1. The highest BCUT2D eigenvalue weighted by atomic mass is 32.2. The number of hydrogen-bond donors (Lipinski definition) is 1. The van der Waals surface area contributed by atoms with E-state index in [1.165, 1.54) is 0 Å². The van der Waals surface area contributed by atoms with Crippen LogP contribution in [-0.2, 0) is 14.8 Å². The number of hydrogen-bond acceptors (Lipinski definition) is 4. The van der Waals surface area contributed by atoms with E-state index in [0.29, 0.717) is 12.8 Å². The van der Waals surface area contributed by atoms with Gasteiger partial charge in [0.05, 0.1) is 6.54 Å².